The summed E-state index contributed by atoms with van der Waals surface area (Å²) in [6.45, 7) is 1.67. The first kappa shape index (κ1) is 15.4. The van der Waals surface area contributed by atoms with E-state index in [0.29, 0.717) is 14.9 Å². The molecule has 0 aliphatic heterocycles. The van der Waals surface area contributed by atoms with Crippen LogP contribution < -0.4 is 0 Å². The van der Waals surface area contributed by atoms with Gasteiger partial charge in [0.25, 0.3) is 5.69 Å². The molecule has 21 heavy (non-hydrogen) atoms. The number of nitrogens with zero attached hydrogens (tertiary/aromatic N) is 2. The van der Waals surface area contributed by atoms with Gasteiger partial charge >= 0.3 is 5.97 Å². The second-order valence-electron chi connectivity index (χ2n) is 4.03. The molecule has 1 aromatic carbocycles. The third kappa shape index (κ3) is 3.76. The molecule has 1 heterocycles. The fraction of sp³-hybridized carbons (Fsp3) is 0.167. The number of carbonyl (C=O) groups is 1. The van der Waals surface area contributed by atoms with Crippen LogP contribution in [0.1, 0.15) is 10.6 Å². The Labute approximate surface area is 126 Å². The van der Waals surface area contributed by atoms with Crippen molar-refractivity contribution in [1.82, 2.24) is 4.98 Å². The van der Waals surface area contributed by atoms with Gasteiger partial charge in [0, 0.05) is 10.9 Å². The van der Waals surface area contributed by atoms with E-state index in [2.05, 4.69) is 4.98 Å². The highest BCUT2D eigenvalue weighted by molar-refractivity contribution is 8.01. The highest BCUT2D eigenvalue weighted by Gasteiger charge is 2.18. The average molecular weight is 328 g/mol. The van der Waals surface area contributed by atoms with Crippen LogP contribution in [-0.4, -0.2) is 21.0 Å². The van der Waals surface area contributed by atoms with Crippen LogP contribution in [0, 0.1) is 22.9 Å². The van der Waals surface area contributed by atoms with Gasteiger partial charge < -0.3 is 5.11 Å². The summed E-state index contributed by atoms with van der Waals surface area (Å²) in [7, 11) is 0. The van der Waals surface area contributed by atoms with Gasteiger partial charge in [-0.15, -0.1) is 11.3 Å². The van der Waals surface area contributed by atoms with E-state index in [1.54, 1.807) is 6.92 Å². The number of halogens is 1. The highest BCUT2D eigenvalue weighted by atomic mass is 32.2. The number of benzene rings is 1. The zero-order valence-electron chi connectivity index (χ0n) is 10.7. The van der Waals surface area contributed by atoms with E-state index in [9.17, 15) is 19.3 Å². The molecule has 0 unspecified atom stereocenters. The maximum absolute atomic E-state index is 13.2. The number of carboxylic acid groups (broad SMARTS) is 1. The summed E-state index contributed by atoms with van der Waals surface area (Å²) in [5.41, 5.74) is 0.345. The Kier molecular flexibility index (Phi) is 4.53. The van der Waals surface area contributed by atoms with Gasteiger partial charge in [-0.05, 0) is 19.1 Å². The number of aliphatic carboxylic acids is 1. The van der Waals surface area contributed by atoms with Gasteiger partial charge in [0.2, 0.25) is 0 Å². The minimum absolute atomic E-state index is 0.135. The molecule has 0 spiro atoms. The Hall–Kier alpha value is -2.00. The van der Waals surface area contributed by atoms with Gasteiger partial charge in [-0.1, -0.05) is 11.8 Å². The van der Waals surface area contributed by atoms with Gasteiger partial charge in [-0.3, -0.25) is 14.9 Å². The van der Waals surface area contributed by atoms with E-state index in [0.717, 1.165) is 41.3 Å². The van der Waals surface area contributed by atoms with Gasteiger partial charge in [-0.25, -0.2) is 9.37 Å². The van der Waals surface area contributed by atoms with Crippen LogP contribution in [0.3, 0.4) is 0 Å². The summed E-state index contributed by atoms with van der Waals surface area (Å²) in [6, 6.07) is 3.18. The molecule has 0 aliphatic carbocycles. The summed E-state index contributed by atoms with van der Waals surface area (Å²) in [5, 5.41) is 19.7. The van der Waals surface area contributed by atoms with E-state index in [4.69, 9.17) is 5.11 Å². The van der Waals surface area contributed by atoms with Crippen molar-refractivity contribution in [2.75, 3.05) is 0 Å². The number of nitro benzene ring substituents is 1. The number of aryl methyl sites for hydroxylation is 1. The Balaban J connectivity index is 2.32. The first-order valence-corrected chi connectivity index (χ1v) is 7.30. The molecule has 110 valence electrons. The quantitative estimate of drug-likeness (QED) is 0.669. The monoisotopic (exact) mass is 328 g/mol. The molecule has 0 saturated carbocycles. The second-order valence-corrected chi connectivity index (χ2v) is 6.40. The minimum Gasteiger partial charge on any atom is -0.481 e. The number of nitro groups is 1. The van der Waals surface area contributed by atoms with Crippen LogP contribution in [0.15, 0.2) is 27.4 Å². The molecule has 6 nitrogen and oxygen atoms in total. The lowest BCUT2D eigenvalue weighted by molar-refractivity contribution is -0.387. The maximum atomic E-state index is 13.2. The molecule has 0 bridgehead atoms. The molecule has 0 fully saturated rings. The minimum atomic E-state index is -0.977. The molecule has 1 aromatic heterocycles. The normalized spacial score (nSPS) is 10.6. The number of thiazole rings is 1. The van der Waals surface area contributed by atoms with Crippen molar-refractivity contribution < 1.29 is 19.2 Å². The SMILES string of the molecule is Cc1nc(Sc2cc(F)ccc2[N+](=O)[O-])sc1CC(=O)O. The van der Waals surface area contributed by atoms with E-state index in [-0.39, 0.29) is 17.0 Å². The summed E-state index contributed by atoms with van der Waals surface area (Å²) in [4.78, 5) is 25.9. The third-order valence-corrected chi connectivity index (χ3v) is 4.77. The zero-order valence-corrected chi connectivity index (χ0v) is 12.3. The predicted octanol–water partition coefficient (Wildman–Crippen LogP) is 3.28. The largest absolute Gasteiger partial charge is 0.481 e. The Morgan fingerprint density at radius 3 is 2.90 bits per heavy atom. The van der Waals surface area contributed by atoms with E-state index in [1.165, 1.54) is 0 Å². The zero-order chi connectivity index (χ0) is 15.6. The van der Waals surface area contributed by atoms with Crippen molar-refractivity contribution in [3.8, 4) is 0 Å². The van der Waals surface area contributed by atoms with Crippen LogP contribution in [0.4, 0.5) is 10.1 Å². The van der Waals surface area contributed by atoms with Crippen molar-refractivity contribution in [1.29, 1.82) is 0 Å². The molecule has 1 N–H and O–H groups in total. The van der Waals surface area contributed by atoms with Crippen LogP contribution in [0.5, 0.6) is 0 Å². The van der Waals surface area contributed by atoms with Crippen molar-refractivity contribution in [2.24, 2.45) is 0 Å². The van der Waals surface area contributed by atoms with Gasteiger partial charge in [0.05, 0.1) is 21.9 Å². The summed E-state index contributed by atoms with van der Waals surface area (Å²) < 4.78 is 13.7. The fourth-order valence-electron chi connectivity index (χ4n) is 1.56. The summed E-state index contributed by atoms with van der Waals surface area (Å²) in [6.07, 6.45) is -0.157. The van der Waals surface area contributed by atoms with Gasteiger partial charge in [-0.2, -0.15) is 0 Å². The van der Waals surface area contributed by atoms with Crippen molar-refractivity contribution in [2.45, 2.75) is 22.6 Å². The molecule has 2 aromatic rings. The lowest BCUT2D eigenvalue weighted by atomic mass is 10.3. The summed E-state index contributed by atoms with van der Waals surface area (Å²) >= 11 is 2.09. The maximum Gasteiger partial charge on any atom is 0.308 e. The lowest BCUT2D eigenvalue weighted by Crippen LogP contribution is -1.99. The summed E-state index contributed by atoms with van der Waals surface area (Å²) in [5.74, 6) is -1.56. The Morgan fingerprint density at radius 2 is 2.29 bits per heavy atom. The van der Waals surface area contributed by atoms with Crippen molar-refractivity contribution in [3.63, 3.8) is 0 Å². The fourth-order valence-corrected chi connectivity index (χ4v) is 3.87. The number of carboxylic acids is 1. The first-order valence-electron chi connectivity index (χ1n) is 5.66. The topological polar surface area (TPSA) is 93.3 Å². The van der Waals surface area contributed by atoms with E-state index < -0.39 is 16.7 Å². The number of hydrogen-bond donors (Lipinski definition) is 1. The molecular weight excluding hydrogens is 319 g/mol. The first-order chi connectivity index (χ1) is 9.86. The van der Waals surface area contributed by atoms with Gasteiger partial charge in [0.1, 0.15) is 5.82 Å². The van der Waals surface area contributed by atoms with Crippen LogP contribution >= 0.6 is 23.1 Å². The van der Waals surface area contributed by atoms with Crippen molar-refractivity contribution >= 4 is 34.8 Å². The Bertz CT molecular complexity index is 717. The molecular formula is C12H9FN2O4S2. The molecule has 9 heteroatoms. The number of hydrogen-bond acceptors (Lipinski definition) is 6. The van der Waals surface area contributed by atoms with E-state index in [1.807, 2.05) is 0 Å². The average Bonchev–Trinajstić information content (AvgIpc) is 2.68. The number of rotatable bonds is 5. The van der Waals surface area contributed by atoms with Crippen LogP contribution in [0.25, 0.3) is 0 Å². The van der Waals surface area contributed by atoms with Crippen molar-refractivity contribution in [3.05, 3.63) is 44.7 Å². The molecule has 0 aliphatic rings. The molecule has 0 saturated heterocycles. The molecule has 0 amide bonds. The molecule has 0 atom stereocenters. The number of aromatic nitrogens is 1. The Morgan fingerprint density at radius 1 is 1.57 bits per heavy atom. The molecule has 0 radical (unpaired) electrons. The second kappa shape index (κ2) is 6.19. The third-order valence-electron chi connectivity index (χ3n) is 2.50. The van der Waals surface area contributed by atoms with Crippen LogP contribution in [-0.2, 0) is 11.2 Å². The highest BCUT2D eigenvalue weighted by Crippen LogP contribution is 2.38. The smallest absolute Gasteiger partial charge is 0.308 e. The van der Waals surface area contributed by atoms with Gasteiger partial charge in [0.15, 0.2) is 4.34 Å². The standard InChI is InChI=1S/C12H9FN2O4S2/c1-6-9(5-11(16)17)20-12(14-6)21-10-4-7(13)2-3-8(10)15(18)19/h2-4H,5H2,1H3,(H,16,17). The lowest BCUT2D eigenvalue weighted by Gasteiger charge is -2.00. The van der Waals surface area contributed by atoms with E-state index >= 15 is 0 Å². The van der Waals surface area contributed by atoms with Crippen LogP contribution in [0.2, 0.25) is 0 Å². The molecule has 2 rings (SSSR count). The predicted molar refractivity (Wildman–Crippen MR) is 75.4 cm³/mol.